The molecule has 4 nitrogen and oxygen atoms in total. The van der Waals surface area contributed by atoms with E-state index < -0.39 is 5.97 Å². The third kappa shape index (κ3) is 1.15. The number of carboxylic acid groups (broad SMARTS) is 1. The lowest BCUT2D eigenvalue weighted by atomic mass is 10.1. The molecule has 0 aliphatic rings. The number of aromatic carboxylic acids is 1. The summed E-state index contributed by atoms with van der Waals surface area (Å²) >= 11 is 5.90. The Morgan fingerprint density at radius 3 is 2.93 bits per heavy atom. The molecule has 0 spiro atoms. The van der Waals surface area contributed by atoms with E-state index in [-0.39, 0.29) is 5.56 Å². The average molecular weight is 211 g/mol. The van der Waals surface area contributed by atoms with E-state index in [0.717, 1.165) is 0 Å². The third-order valence-electron chi connectivity index (χ3n) is 2.08. The largest absolute Gasteiger partial charge is 0.478 e. The summed E-state index contributed by atoms with van der Waals surface area (Å²) in [4.78, 5) is 10.9. The van der Waals surface area contributed by atoms with Crippen molar-refractivity contribution in [1.29, 1.82) is 0 Å². The number of aryl methyl sites for hydroxylation is 1. The van der Waals surface area contributed by atoms with Crippen LogP contribution in [0, 0.1) is 0 Å². The summed E-state index contributed by atoms with van der Waals surface area (Å²) in [6.07, 6.45) is 1.56. The summed E-state index contributed by atoms with van der Waals surface area (Å²) in [5.74, 6) is -0.977. The van der Waals surface area contributed by atoms with Crippen LogP contribution in [-0.4, -0.2) is 20.9 Å². The fraction of sp³-hybridized carbons (Fsp3) is 0.111. The Balaban J connectivity index is 2.92. The summed E-state index contributed by atoms with van der Waals surface area (Å²) < 4.78 is 1.50. The van der Waals surface area contributed by atoms with Crippen molar-refractivity contribution < 1.29 is 9.90 Å². The number of carbonyl (C=O) groups is 1. The average Bonchev–Trinajstić information content (AvgIpc) is 2.50. The van der Waals surface area contributed by atoms with Crippen molar-refractivity contribution in [2.24, 2.45) is 7.05 Å². The lowest BCUT2D eigenvalue weighted by Gasteiger charge is -2.00. The molecule has 1 heterocycles. The lowest BCUT2D eigenvalue weighted by molar-refractivity contribution is 0.0698. The molecule has 2 rings (SSSR count). The monoisotopic (exact) mass is 210 g/mol. The van der Waals surface area contributed by atoms with Gasteiger partial charge >= 0.3 is 5.97 Å². The van der Waals surface area contributed by atoms with Gasteiger partial charge in [-0.2, -0.15) is 5.10 Å². The molecule has 0 fully saturated rings. The van der Waals surface area contributed by atoms with Gasteiger partial charge in [0.05, 0.1) is 22.3 Å². The van der Waals surface area contributed by atoms with E-state index in [1.165, 1.54) is 10.7 Å². The molecule has 5 heteroatoms. The van der Waals surface area contributed by atoms with Crippen molar-refractivity contribution in [2.45, 2.75) is 0 Å². The predicted molar refractivity (Wildman–Crippen MR) is 52.7 cm³/mol. The van der Waals surface area contributed by atoms with Gasteiger partial charge in [-0.25, -0.2) is 4.79 Å². The fourth-order valence-electron chi connectivity index (χ4n) is 1.43. The molecule has 0 unspecified atom stereocenters. The first kappa shape index (κ1) is 9.02. The molecule has 0 saturated carbocycles. The smallest absolute Gasteiger partial charge is 0.337 e. The van der Waals surface area contributed by atoms with Gasteiger partial charge in [0.2, 0.25) is 0 Å². The molecule has 14 heavy (non-hydrogen) atoms. The third-order valence-corrected chi connectivity index (χ3v) is 2.41. The van der Waals surface area contributed by atoms with Crippen LogP contribution in [0.1, 0.15) is 10.4 Å². The van der Waals surface area contributed by atoms with Crippen LogP contribution in [0.15, 0.2) is 18.3 Å². The molecule has 0 bridgehead atoms. The minimum atomic E-state index is -0.977. The van der Waals surface area contributed by atoms with E-state index in [9.17, 15) is 4.79 Å². The van der Waals surface area contributed by atoms with Crippen molar-refractivity contribution >= 4 is 28.5 Å². The van der Waals surface area contributed by atoms with Gasteiger partial charge in [-0.1, -0.05) is 11.6 Å². The normalized spacial score (nSPS) is 10.7. The second-order valence-corrected chi connectivity index (χ2v) is 3.34. The number of rotatable bonds is 1. The highest BCUT2D eigenvalue weighted by atomic mass is 35.5. The molecule has 1 aromatic heterocycles. The summed E-state index contributed by atoms with van der Waals surface area (Å²) in [7, 11) is 1.69. The first-order valence-corrected chi connectivity index (χ1v) is 4.32. The number of hydrogen-bond acceptors (Lipinski definition) is 2. The van der Waals surface area contributed by atoms with Gasteiger partial charge in [0, 0.05) is 12.4 Å². The molecule has 72 valence electrons. The van der Waals surface area contributed by atoms with E-state index in [0.29, 0.717) is 15.9 Å². The van der Waals surface area contributed by atoms with E-state index in [1.54, 1.807) is 19.3 Å². The fourth-order valence-corrected chi connectivity index (χ4v) is 1.63. The van der Waals surface area contributed by atoms with Crippen molar-refractivity contribution in [3.63, 3.8) is 0 Å². The maximum Gasteiger partial charge on any atom is 0.337 e. The summed E-state index contributed by atoms with van der Waals surface area (Å²) in [5, 5.41) is 14.1. The molecule has 1 N–H and O–H groups in total. The Morgan fingerprint density at radius 1 is 1.57 bits per heavy atom. The SMILES string of the molecule is Cn1ncc2c(Cl)ccc(C(=O)O)c21. The molecule has 1 aromatic carbocycles. The highest BCUT2D eigenvalue weighted by Gasteiger charge is 2.13. The van der Waals surface area contributed by atoms with Gasteiger partial charge in [-0.05, 0) is 12.1 Å². The zero-order chi connectivity index (χ0) is 10.3. The second-order valence-electron chi connectivity index (χ2n) is 2.93. The minimum absolute atomic E-state index is 0.212. The van der Waals surface area contributed by atoms with Gasteiger partial charge in [-0.3, -0.25) is 4.68 Å². The standard InChI is InChI=1S/C9H7ClN2O2/c1-12-8-5(9(13)14)2-3-7(10)6(8)4-11-12/h2-4H,1H3,(H,13,14). The van der Waals surface area contributed by atoms with E-state index in [4.69, 9.17) is 16.7 Å². The van der Waals surface area contributed by atoms with Gasteiger partial charge in [0.15, 0.2) is 0 Å². The van der Waals surface area contributed by atoms with Crippen LogP contribution in [0.4, 0.5) is 0 Å². The molecular weight excluding hydrogens is 204 g/mol. The summed E-state index contributed by atoms with van der Waals surface area (Å²) in [6, 6.07) is 3.05. The predicted octanol–water partition coefficient (Wildman–Crippen LogP) is 1.92. The maximum absolute atomic E-state index is 10.9. The Hall–Kier alpha value is -1.55. The first-order valence-electron chi connectivity index (χ1n) is 3.95. The molecule has 0 saturated heterocycles. The van der Waals surface area contributed by atoms with Crippen LogP contribution in [0.5, 0.6) is 0 Å². The number of carboxylic acids is 1. The van der Waals surface area contributed by atoms with Crippen LogP contribution in [0.2, 0.25) is 5.02 Å². The molecule has 0 aliphatic heterocycles. The molecule has 0 atom stereocenters. The van der Waals surface area contributed by atoms with Gasteiger partial charge in [0.25, 0.3) is 0 Å². The Labute approximate surface area is 84.7 Å². The second kappa shape index (κ2) is 2.99. The Morgan fingerprint density at radius 2 is 2.29 bits per heavy atom. The number of halogens is 1. The maximum atomic E-state index is 10.9. The van der Waals surface area contributed by atoms with E-state index in [1.807, 2.05) is 0 Å². The zero-order valence-electron chi connectivity index (χ0n) is 7.36. The van der Waals surface area contributed by atoms with Gasteiger partial charge in [-0.15, -0.1) is 0 Å². The highest BCUT2D eigenvalue weighted by Crippen LogP contribution is 2.25. The van der Waals surface area contributed by atoms with Crippen LogP contribution in [0.3, 0.4) is 0 Å². The minimum Gasteiger partial charge on any atom is -0.478 e. The van der Waals surface area contributed by atoms with Gasteiger partial charge < -0.3 is 5.11 Å². The summed E-state index contributed by atoms with van der Waals surface area (Å²) in [5.41, 5.74) is 0.759. The Kier molecular flexibility index (Phi) is 1.93. The molecule has 0 amide bonds. The number of benzene rings is 1. The molecule has 0 aliphatic carbocycles. The number of nitrogens with zero attached hydrogens (tertiary/aromatic N) is 2. The topological polar surface area (TPSA) is 55.1 Å². The van der Waals surface area contributed by atoms with E-state index >= 15 is 0 Å². The van der Waals surface area contributed by atoms with Crippen LogP contribution < -0.4 is 0 Å². The van der Waals surface area contributed by atoms with Crippen molar-refractivity contribution in [1.82, 2.24) is 9.78 Å². The Bertz CT molecular complexity index is 519. The molecule has 0 radical (unpaired) electrons. The lowest BCUT2D eigenvalue weighted by Crippen LogP contribution is -2.01. The van der Waals surface area contributed by atoms with Crippen LogP contribution in [-0.2, 0) is 7.05 Å². The highest BCUT2D eigenvalue weighted by molar-refractivity contribution is 6.35. The number of aromatic nitrogens is 2. The molecule has 2 aromatic rings. The molecular formula is C9H7ClN2O2. The van der Waals surface area contributed by atoms with Crippen molar-refractivity contribution in [2.75, 3.05) is 0 Å². The quantitative estimate of drug-likeness (QED) is 0.783. The van der Waals surface area contributed by atoms with Crippen LogP contribution in [0.25, 0.3) is 10.9 Å². The summed E-state index contributed by atoms with van der Waals surface area (Å²) in [6.45, 7) is 0. The van der Waals surface area contributed by atoms with Crippen LogP contribution >= 0.6 is 11.6 Å². The van der Waals surface area contributed by atoms with Gasteiger partial charge in [0.1, 0.15) is 0 Å². The van der Waals surface area contributed by atoms with E-state index in [2.05, 4.69) is 5.10 Å². The number of hydrogen-bond donors (Lipinski definition) is 1. The van der Waals surface area contributed by atoms with Crippen molar-refractivity contribution in [3.05, 3.63) is 28.9 Å². The zero-order valence-corrected chi connectivity index (χ0v) is 8.12. The number of fused-ring (bicyclic) bond motifs is 1. The first-order chi connectivity index (χ1) is 6.61. The van der Waals surface area contributed by atoms with Crippen molar-refractivity contribution in [3.8, 4) is 0 Å².